The number of carbonyl (C=O) groups is 1. The number of nitrogens with zero attached hydrogens (tertiary/aromatic N) is 1. The van der Waals surface area contributed by atoms with Gasteiger partial charge in [0.15, 0.2) is 0 Å². The summed E-state index contributed by atoms with van der Waals surface area (Å²) in [7, 11) is 2.59. The van der Waals surface area contributed by atoms with Crippen LogP contribution < -0.4 is 5.32 Å². The summed E-state index contributed by atoms with van der Waals surface area (Å²) in [6.07, 6.45) is 0. The van der Waals surface area contributed by atoms with Crippen molar-refractivity contribution in [2.75, 3.05) is 13.1 Å². The highest BCUT2D eigenvalue weighted by molar-refractivity contribution is 14.1. The number of carbonyl (C=O) groups excluding carboxylic acids is 1. The molecule has 0 radical (unpaired) electrons. The Hall–Kier alpha value is 0.590. The topological polar surface area (TPSA) is 32.3 Å². The molecule has 1 heterocycles. The molecule has 1 N–H and O–H groups in total. The molecule has 3 nitrogen and oxygen atoms in total. The number of nitrogens with one attached hydrogen (secondary N) is 1. The van der Waals surface area contributed by atoms with Crippen molar-refractivity contribution in [2.24, 2.45) is 0 Å². The molecule has 1 aliphatic heterocycles. The van der Waals surface area contributed by atoms with E-state index in [4.69, 9.17) is 0 Å². The van der Waals surface area contributed by atoms with Crippen LogP contribution >= 0.6 is 32.0 Å². The standard InChI is InChI=1S/C4H8IN2OP/c5-4(8)6-3-1-7(9)2-3/h3H,1-2,9H2,(H,6,8). The van der Waals surface area contributed by atoms with Crippen LogP contribution in [0.5, 0.6) is 0 Å². The van der Waals surface area contributed by atoms with Crippen molar-refractivity contribution in [2.45, 2.75) is 6.04 Å². The van der Waals surface area contributed by atoms with Gasteiger partial charge in [-0.25, -0.2) is 0 Å². The Bertz CT molecular complexity index is 126. The molecule has 0 aromatic heterocycles. The summed E-state index contributed by atoms with van der Waals surface area (Å²) in [5.74, 6) is 0. The zero-order chi connectivity index (χ0) is 6.85. The third-order valence-electron chi connectivity index (χ3n) is 1.23. The lowest BCUT2D eigenvalue weighted by atomic mass is 10.2. The van der Waals surface area contributed by atoms with Gasteiger partial charge in [0.1, 0.15) is 0 Å². The molecular weight excluding hydrogens is 250 g/mol. The fourth-order valence-corrected chi connectivity index (χ4v) is 1.71. The molecule has 1 fully saturated rings. The number of hydrogen-bond acceptors (Lipinski definition) is 2. The Morgan fingerprint density at radius 1 is 1.78 bits per heavy atom. The highest BCUT2D eigenvalue weighted by Crippen LogP contribution is 2.12. The summed E-state index contributed by atoms with van der Waals surface area (Å²) in [5, 5.41) is 2.80. The summed E-state index contributed by atoms with van der Waals surface area (Å²) >= 11 is 1.75. The molecule has 1 aliphatic rings. The van der Waals surface area contributed by atoms with Gasteiger partial charge in [-0.05, 0) is 0 Å². The molecule has 0 aliphatic carbocycles. The lowest BCUT2D eigenvalue weighted by Gasteiger charge is -2.35. The predicted molar refractivity (Wildman–Crippen MR) is 47.6 cm³/mol. The van der Waals surface area contributed by atoms with Gasteiger partial charge in [-0.1, -0.05) is 9.39 Å². The van der Waals surface area contributed by atoms with Crippen LogP contribution in [0.15, 0.2) is 0 Å². The van der Waals surface area contributed by atoms with Gasteiger partial charge in [-0.2, -0.15) is 0 Å². The average molecular weight is 258 g/mol. The zero-order valence-corrected chi connectivity index (χ0v) is 8.11. The highest BCUT2D eigenvalue weighted by atomic mass is 127. The van der Waals surface area contributed by atoms with E-state index in [1.165, 1.54) is 0 Å². The monoisotopic (exact) mass is 258 g/mol. The van der Waals surface area contributed by atoms with Crippen LogP contribution in [0.25, 0.3) is 0 Å². The molecule has 52 valence electrons. The zero-order valence-electron chi connectivity index (χ0n) is 4.80. The minimum absolute atomic E-state index is 0.0377. The van der Waals surface area contributed by atoms with E-state index in [9.17, 15) is 4.79 Å². The second-order valence-electron chi connectivity index (χ2n) is 2.07. The van der Waals surface area contributed by atoms with E-state index in [1.807, 2.05) is 0 Å². The van der Waals surface area contributed by atoms with E-state index in [1.54, 1.807) is 22.6 Å². The van der Waals surface area contributed by atoms with Gasteiger partial charge < -0.3 is 5.32 Å². The van der Waals surface area contributed by atoms with E-state index >= 15 is 0 Å². The first-order chi connectivity index (χ1) is 4.18. The normalized spacial score (nSPS) is 21.1. The maximum Gasteiger partial charge on any atom is 0.280 e. The Morgan fingerprint density at radius 2 is 2.33 bits per heavy atom. The molecule has 0 aromatic rings. The number of amides is 1. The van der Waals surface area contributed by atoms with Crippen LogP contribution in [0, 0.1) is 0 Å². The molecule has 0 saturated carbocycles. The number of rotatable bonds is 1. The first-order valence-electron chi connectivity index (χ1n) is 2.64. The van der Waals surface area contributed by atoms with Crippen LogP contribution in [0.4, 0.5) is 4.79 Å². The first kappa shape index (κ1) is 7.69. The molecule has 1 unspecified atom stereocenters. The van der Waals surface area contributed by atoms with Crippen molar-refractivity contribution < 1.29 is 4.79 Å². The van der Waals surface area contributed by atoms with Crippen molar-refractivity contribution in [3.63, 3.8) is 0 Å². The van der Waals surface area contributed by atoms with E-state index < -0.39 is 0 Å². The lowest BCUT2D eigenvalue weighted by molar-refractivity contribution is 0.231. The minimum Gasteiger partial charge on any atom is -0.342 e. The SMILES string of the molecule is O=C(I)NC1CN(P)C1. The molecule has 1 saturated heterocycles. The fourth-order valence-electron chi connectivity index (χ4n) is 0.764. The Morgan fingerprint density at radius 3 is 2.67 bits per heavy atom. The molecule has 1 amide bonds. The molecule has 5 heteroatoms. The third-order valence-corrected chi connectivity index (χ3v) is 1.96. The van der Waals surface area contributed by atoms with Crippen molar-refractivity contribution in [1.29, 1.82) is 0 Å². The average Bonchev–Trinajstić information content (AvgIpc) is 1.60. The van der Waals surface area contributed by atoms with Crippen LogP contribution in [-0.2, 0) is 0 Å². The molecule has 1 atom stereocenters. The van der Waals surface area contributed by atoms with Crippen molar-refractivity contribution in [1.82, 2.24) is 9.99 Å². The van der Waals surface area contributed by atoms with Gasteiger partial charge in [0.2, 0.25) is 0 Å². The maximum absolute atomic E-state index is 10.4. The first-order valence-corrected chi connectivity index (χ1v) is 4.23. The van der Waals surface area contributed by atoms with Crippen molar-refractivity contribution >= 4 is 35.9 Å². The quantitative estimate of drug-likeness (QED) is 0.323. The Balaban J connectivity index is 2.11. The Kier molecular flexibility index (Phi) is 2.67. The van der Waals surface area contributed by atoms with Crippen molar-refractivity contribution in [3.8, 4) is 0 Å². The molecule has 9 heavy (non-hydrogen) atoms. The van der Waals surface area contributed by atoms with Gasteiger partial charge in [0.25, 0.3) is 3.91 Å². The predicted octanol–water partition coefficient (Wildman–Crippen LogP) is 0.605. The molecule has 0 spiro atoms. The molecule has 0 bridgehead atoms. The van der Waals surface area contributed by atoms with Crippen LogP contribution in [-0.4, -0.2) is 27.7 Å². The fraction of sp³-hybridized carbons (Fsp3) is 0.750. The number of halogens is 1. The van der Waals surface area contributed by atoms with Gasteiger partial charge in [0.05, 0.1) is 6.04 Å². The van der Waals surface area contributed by atoms with Gasteiger partial charge >= 0.3 is 0 Å². The van der Waals surface area contributed by atoms with Crippen LogP contribution in [0.2, 0.25) is 0 Å². The van der Waals surface area contributed by atoms with Crippen LogP contribution in [0.3, 0.4) is 0 Å². The molecular formula is C4H8IN2OP. The maximum atomic E-state index is 10.4. The highest BCUT2D eigenvalue weighted by Gasteiger charge is 2.23. The van der Waals surface area contributed by atoms with E-state index in [2.05, 4.69) is 19.4 Å². The summed E-state index contributed by atoms with van der Waals surface area (Å²) in [6.45, 7) is 1.92. The lowest BCUT2D eigenvalue weighted by Crippen LogP contribution is -2.54. The third kappa shape index (κ3) is 2.35. The van der Waals surface area contributed by atoms with Gasteiger partial charge in [-0.3, -0.25) is 9.46 Å². The smallest absolute Gasteiger partial charge is 0.280 e. The second-order valence-corrected chi connectivity index (χ2v) is 3.78. The summed E-state index contributed by atoms with van der Waals surface area (Å²) in [6, 6.07) is 0.381. The van der Waals surface area contributed by atoms with Gasteiger partial charge in [-0.15, -0.1) is 0 Å². The van der Waals surface area contributed by atoms with Crippen LogP contribution in [0.1, 0.15) is 0 Å². The van der Waals surface area contributed by atoms with Crippen molar-refractivity contribution in [3.05, 3.63) is 0 Å². The minimum atomic E-state index is 0.0377. The second kappa shape index (κ2) is 3.12. The van der Waals surface area contributed by atoms with Gasteiger partial charge in [0, 0.05) is 35.7 Å². The Labute approximate surface area is 69.9 Å². The molecule has 1 rings (SSSR count). The van der Waals surface area contributed by atoms with E-state index in [0.29, 0.717) is 6.04 Å². The summed E-state index contributed by atoms with van der Waals surface area (Å²) in [4.78, 5) is 10.4. The molecule has 0 aromatic carbocycles. The summed E-state index contributed by atoms with van der Waals surface area (Å²) < 4.78 is 2.12. The largest absolute Gasteiger partial charge is 0.342 e. The van der Waals surface area contributed by atoms with E-state index in [0.717, 1.165) is 13.1 Å². The number of hydrogen-bond donors (Lipinski definition) is 1. The van der Waals surface area contributed by atoms with E-state index in [-0.39, 0.29) is 3.91 Å². The summed E-state index contributed by atoms with van der Waals surface area (Å²) in [5.41, 5.74) is 0.